The average Bonchev–Trinajstić information content (AvgIpc) is 2.40. The van der Waals surface area contributed by atoms with E-state index >= 15 is 0 Å². The minimum atomic E-state index is 0.761. The summed E-state index contributed by atoms with van der Waals surface area (Å²) in [7, 11) is 0. The first-order valence-corrected chi connectivity index (χ1v) is 7.88. The Morgan fingerprint density at radius 1 is 0.737 bits per heavy atom. The minimum absolute atomic E-state index is 0.761. The van der Waals surface area contributed by atoms with E-state index in [1.807, 2.05) is 13.0 Å². The topological polar surface area (TPSA) is 0 Å². The van der Waals surface area contributed by atoms with Crippen LogP contribution in [0.1, 0.15) is 65.7 Å². The summed E-state index contributed by atoms with van der Waals surface area (Å²) >= 11 is 0. The zero-order chi connectivity index (χ0) is 14.2. The van der Waals surface area contributed by atoms with Gasteiger partial charge in [-0.25, -0.2) is 0 Å². The SMILES string of the molecule is CC=CC=CC=CCCCCCCCC(C)C=CC. The maximum absolute atomic E-state index is 2.31. The molecule has 0 aliphatic heterocycles. The second kappa shape index (κ2) is 15.0. The van der Waals surface area contributed by atoms with Crippen LogP contribution < -0.4 is 0 Å². The first-order chi connectivity index (χ1) is 9.31. The number of unbranched alkanes of at least 4 members (excludes halogenated alkanes) is 5. The van der Waals surface area contributed by atoms with Gasteiger partial charge in [0.2, 0.25) is 0 Å². The van der Waals surface area contributed by atoms with Crippen molar-refractivity contribution < 1.29 is 0 Å². The standard InChI is InChI=1S/C19H32/c1-4-6-7-8-9-10-11-12-13-14-15-16-18-19(3)17-5-2/h4-10,17,19H,11-16,18H2,1-3H3. The van der Waals surface area contributed by atoms with E-state index in [9.17, 15) is 0 Å². The fourth-order valence-electron chi connectivity index (χ4n) is 2.10. The van der Waals surface area contributed by atoms with E-state index in [1.54, 1.807) is 0 Å². The smallest absolute Gasteiger partial charge is 0.0262 e. The molecule has 19 heavy (non-hydrogen) atoms. The molecule has 1 atom stereocenters. The highest BCUT2D eigenvalue weighted by molar-refractivity contribution is 5.10. The third-order valence-corrected chi connectivity index (χ3v) is 3.21. The van der Waals surface area contributed by atoms with Crippen LogP contribution in [0.3, 0.4) is 0 Å². The van der Waals surface area contributed by atoms with Crippen molar-refractivity contribution in [3.8, 4) is 0 Å². The molecule has 0 bridgehead atoms. The lowest BCUT2D eigenvalue weighted by Crippen LogP contribution is -1.89. The Bertz CT molecular complexity index is 278. The molecule has 0 heterocycles. The predicted octanol–water partition coefficient (Wildman–Crippen LogP) is 6.62. The fraction of sp³-hybridized carbons (Fsp3) is 0.579. The highest BCUT2D eigenvalue weighted by atomic mass is 14.0. The molecule has 0 heteroatoms. The maximum Gasteiger partial charge on any atom is -0.0262 e. The Hall–Kier alpha value is -1.04. The van der Waals surface area contributed by atoms with Crippen LogP contribution in [0, 0.1) is 5.92 Å². The van der Waals surface area contributed by atoms with Crippen LogP contribution in [0.15, 0.2) is 48.6 Å². The summed E-state index contributed by atoms with van der Waals surface area (Å²) in [6.45, 7) is 6.46. The molecule has 0 spiro atoms. The molecule has 0 radical (unpaired) electrons. The van der Waals surface area contributed by atoms with E-state index in [4.69, 9.17) is 0 Å². The summed E-state index contributed by atoms with van der Waals surface area (Å²) in [5.41, 5.74) is 0. The molecule has 108 valence electrons. The number of hydrogen-bond donors (Lipinski definition) is 0. The van der Waals surface area contributed by atoms with Gasteiger partial charge < -0.3 is 0 Å². The number of allylic oxidation sites excluding steroid dienone is 8. The van der Waals surface area contributed by atoms with Gasteiger partial charge in [0.1, 0.15) is 0 Å². The molecule has 0 aliphatic carbocycles. The molecule has 0 fully saturated rings. The van der Waals surface area contributed by atoms with Gasteiger partial charge in [-0.15, -0.1) is 0 Å². The van der Waals surface area contributed by atoms with Crippen LogP contribution in [0.25, 0.3) is 0 Å². The largest absolute Gasteiger partial charge is 0.0914 e. The Morgan fingerprint density at radius 3 is 2.16 bits per heavy atom. The number of hydrogen-bond acceptors (Lipinski definition) is 0. The molecule has 0 aromatic carbocycles. The van der Waals surface area contributed by atoms with Crippen LogP contribution in [0.5, 0.6) is 0 Å². The third kappa shape index (κ3) is 14.9. The molecule has 0 amide bonds. The Morgan fingerprint density at radius 2 is 1.42 bits per heavy atom. The van der Waals surface area contributed by atoms with Gasteiger partial charge in [-0.3, -0.25) is 0 Å². The van der Waals surface area contributed by atoms with Crippen LogP contribution in [0.2, 0.25) is 0 Å². The number of rotatable bonds is 11. The summed E-state index contributed by atoms with van der Waals surface area (Å²) in [4.78, 5) is 0. The molecular formula is C19H32. The van der Waals surface area contributed by atoms with Crippen LogP contribution in [-0.2, 0) is 0 Å². The highest BCUT2D eigenvalue weighted by Crippen LogP contribution is 2.13. The van der Waals surface area contributed by atoms with Gasteiger partial charge in [0.25, 0.3) is 0 Å². The van der Waals surface area contributed by atoms with E-state index in [-0.39, 0.29) is 0 Å². The lowest BCUT2D eigenvalue weighted by molar-refractivity contribution is 0.546. The van der Waals surface area contributed by atoms with E-state index < -0.39 is 0 Å². The Kier molecular flexibility index (Phi) is 14.2. The highest BCUT2D eigenvalue weighted by Gasteiger charge is 1.96. The van der Waals surface area contributed by atoms with E-state index in [1.165, 1.54) is 44.9 Å². The molecule has 1 unspecified atom stereocenters. The molecule has 0 saturated heterocycles. The normalized spacial score (nSPS) is 14.5. The van der Waals surface area contributed by atoms with Crippen molar-refractivity contribution in [2.24, 2.45) is 5.92 Å². The molecule has 0 rings (SSSR count). The van der Waals surface area contributed by atoms with Crippen LogP contribution in [-0.4, -0.2) is 0 Å². The van der Waals surface area contributed by atoms with Gasteiger partial charge in [-0.05, 0) is 39.0 Å². The van der Waals surface area contributed by atoms with Gasteiger partial charge in [0.05, 0.1) is 0 Å². The van der Waals surface area contributed by atoms with Crippen molar-refractivity contribution in [2.45, 2.75) is 65.7 Å². The molecule has 0 aromatic rings. The van der Waals surface area contributed by atoms with Gasteiger partial charge in [-0.2, -0.15) is 0 Å². The van der Waals surface area contributed by atoms with Crippen molar-refractivity contribution in [2.75, 3.05) is 0 Å². The Balaban J connectivity index is 3.27. The van der Waals surface area contributed by atoms with Crippen molar-refractivity contribution in [1.29, 1.82) is 0 Å². The van der Waals surface area contributed by atoms with Gasteiger partial charge >= 0.3 is 0 Å². The van der Waals surface area contributed by atoms with Gasteiger partial charge in [-0.1, -0.05) is 81.2 Å². The molecule has 0 aromatic heterocycles. The van der Waals surface area contributed by atoms with E-state index in [2.05, 4.69) is 56.4 Å². The Labute approximate surface area is 121 Å². The first-order valence-electron chi connectivity index (χ1n) is 7.88. The van der Waals surface area contributed by atoms with Gasteiger partial charge in [0.15, 0.2) is 0 Å². The van der Waals surface area contributed by atoms with E-state index in [0.29, 0.717) is 0 Å². The maximum atomic E-state index is 2.31. The first kappa shape index (κ1) is 18.0. The van der Waals surface area contributed by atoms with E-state index in [0.717, 1.165) is 5.92 Å². The van der Waals surface area contributed by atoms with Gasteiger partial charge in [0, 0.05) is 0 Å². The molecular weight excluding hydrogens is 228 g/mol. The molecule has 0 saturated carbocycles. The quantitative estimate of drug-likeness (QED) is 0.222. The van der Waals surface area contributed by atoms with Crippen molar-refractivity contribution in [3.05, 3.63) is 48.6 Å². The predicted molar refractivity (Wildman–Crippen MR) is 89.4 cm³/mol. The lowest BCUT2D eigenvalue weighted by atomic mass is 10.0. The zero-order valence-corrected chi connectivity index (χ0v) is 13.1. The summed E-state index contributed by atoms with van der Waals surface area (Å²) in [6, 6.07) is 0. The monoisotopic (exact) mass is 260 g/mol. The molecule has 0 nitrogen and oxygen atoms in total. The average molecular weight is 260 g/mol. The zero-order valence-electron chi connectivity index (χ0n) is 13.1. The fourth-order valence-corrected chi connectivity index (χ4v) is 2.10. The second-order valence-corrected chi connectivity index (χ2v) is 5.19. The van der Waals surface area contributed by atoms with Crippen molar-refractivity contribution >= 4 is 0 Å². The summed E-state index contributed by atoms with van der Waals surface area (Å²) < 4.78 is 0. The van der Waals surface area contributed by atoms with Crippen LogP contribution >= 0.6 is 0 Å². The summed E-state index contributed by atoms with van der Waals surface area (Å²) in [6.07, 6.45) is 26.6. The van der Waals surface area contributed by atoms with Crippen molar-refractivity contribution in [3.63, 3.8) is 0 Å². The summed E-state index contributed by atoms with van der Waals surface area (Å²) in [5, 5.41) is 0. The molecule has 0 N–H and O–H groups in total. The van der Waals surface area contributed by atoms with Crippen LogP contribution in [0.4, 0.5) is 0 Å². The van der Waals surface area contributed by atoms with Crippen molar-refractivity contribution in [1.82, 2.24) is 0 Å². The molecule has 0 aliphatic rings. The summed E-state index contributed by atoms with van der Waals surface area (Å²) in [5.74, 6) is 0.761. The second-order valence-electron chi connectivity index (χ2n) is 5.19. The lowest BCUT2D eigenvalue weighted by Gasteiger charge is -2.05. The minimum Gasteiger partial charge on any atom is -0.0914 e. The third-order valence-electron chi connectivity index (χ3n) is 3.21.